The third-order valence-corrected chi connectivity index (χ3v) is 2.76. The second-order valence-electron chi connectivity index (χ2n) is 6.63. The van der Waals surface area contributed by atoms with Gasteiger partial charge in [0.15, 0.2) is 0 Å². The predicted molar refractivity (Wildman–Crippen MR) is 73.7 cm³/mol. The first-order chi connectivity index (χ1) is 8.71. The van der Waals surface area contributed by atoms with Crippen molar-refractivity contribution >= 4 is 18.1 Å². The van der Waals surface area contributed by atoms with E-state index in [0.717, 1.165) is 4.90 Å². The molecule has 0 aliphatic rings. The van der Waals surface area contributed by atoms with Crippen molar-refractivity contribution < 1.29 is 24.6 Å². The molecule has 0 rings (SSSR count). The van der Waals surface area contributed by atoms with Crippen molar-refractivity contribution in [1.29, 1.82) is 0 Å². The predicted octanol–water partition coefficient (Wildman–Crippen LogP) is 2.46. The molecule has 0 bridgehead atoms. The zero-order valence-corrected chi connectivity index (χ0v) is 13.1. The molecule has 0 saturated carbocycles. The van der Waals surface area contributed by atoms with E-state index in [9.17, 15) is 24.6 Å². The first kappa shape index (κ1) is 18.2. The van der Waals surface area contributed by atoms with E-state index in [1.807, 2.05) is 0 Å². The first-order valence-corrected chi connectivity index (χ1v) is 6.30. The monoisotopic (exact) mass is 288 g/mol. The van der Waals surface area contributed by atoms with Crippen LogP contribution >= 0.6 is 0 Å². The van der Waals surface area contributed by atoms with Crippen LogP contribution in [-0.2, 0) is 4.79 Å². The maximum atomic E-state index is 12.4. The standard InChI is InChI=1S/C13H24N2O5/c1-8(14(10(17)18)12(2,3)4)9(16)15(11(19)20)13(5,6)7/h8H,1-7H3,(H,17,18)(H,19,20). The summed E-state index contributed by atoms with van der Waals surface area (Å²) in [5.74, 6) is -0.762. The van der Waals surface area contributed by atoms with E-state index in [2.05, 4.69) is 0 Å². The second kappa shape index (κ2) is 5.68. The molecule has 0 fully saturated rings. The molecule has 0 aromatic rings. The van der Waals surface area contributed by atoms with Crippen LogP contribution in [0, 0.1) is 0 Å². The maximum Gasteiger partial charge on any atom is 0.414 e. The van der Waals surface area contributed by atoms with Crippen LogP contribution in [-0.4, -0.2) is 55.2 Å². The van der Waals surface area contributed by atoms with Gasteiger partial charge >= 0.3 is 12.2 Å². The molecule has 7 nitrogen and oxygen atoms in total. The number of carbonyl (C=O) groups is 3. The Morgan fingerprint density at radius 3 is 1.45 bits per heavy atom. The summed E-state index contributed by atoms with van der Waals surface area (Å²) in [7, 11) is 0. The van der Waals surface area contributed by atoms with E-state index in [4.69, 9.17) is 0 Å². The Kier molecular flexibility index (Phi) is 5.17. The van der Waals surface area contributed by atoms with Gasteiger partial charge in [-0.2, -0.15) is 0 Å². The molecular formula is C13H24N2O5. The lowest BCUT2D eigenvalue weighted by Gasteiger charge is -2.40. The van der Waals surface area contributed by atoms with Crippen molar-refractivity contribution in [2.75, 3.05) is 0 Å². The number of imide groups is 1. The Hall–Kier alpha value is -1.79. The number of carboxylic acid groups (broad SMARTS) is 2. The van der Waals surface area contributed by atoms with Crippen molar-refractivity contribution in [2.24, 2.45) is 0 Å². The summed E-state index contributed by atoms with van der Waals surface area (Å²) in [5.41, 5.74) is -1.76. The van der Waals surface area contributed by atoms with Crippen LogP contribution in [0.15, 0.2) is 0 Å². The highest BCUT2D eigenvalue weighted by Gasteiger charge is 2.41. The van der Waals surface area contributed by atoms with E-state index >= 15 is 0 Å². The SMILES string of the molecule is CC(C(=O)N(C(=O)O)C(C)(C)C)N(C(=O)O)C(C)(C)C. The minimum absolute atomic E-state index is 0.666. The van der Waals surface area contributed by atoms with Gasteiger partial charge < -0.3 is 10.2 Å². The van der Waals surface area contributed by atoms with Gasteiger partial charge in [0.2, 0.25) is 0 Å². The second-order valence-corrected chi connectivity index (χ2v) is 6.63. The van der Waals surface area contributed by atoms with Gasteiger partial charge in [-0.15, -0.1) is 0 Å². The number of hydrogen-bond donors (Lipinski definition) is 2. The number of carbonyl (C=O) groups excluding carboxylic acids is 1. The molecule has 0 spiro atoms. The van der Waals surface area contributed by atoms with E-state index in [1.54, 1.807) is 41.5 Å². The lowest BCUT2D eigenvalue weighted by molar-refractivity contribution is -0.139. The van der Waals surface area contributed by atoms with E-state index < -0.39 is 35.2 Å². The number of hydrogen-bond acceptors (Lipinski definition) is 3. The molecule has 2 N–H and O–H groups in total. The average molecular weight is 288 g/mol. The van der Waals surface area contributed by atoms with Crippen LogP contribution in [0.3, 0.4) is 0 Å². The van der Waals surface area contributed by atoms with Gasteiger partial charge in [0, 0.05) is 11.1 Å². The summed E-state index contributed by atoms with van der Waals surface area (Å²) < 4.78 is 0. The zero-order chi connectivity index (χ0) is 16.5. The summed E-state index contributed by atoms with van der Waals surface area (Å²) in [4.78, 5) is 36.6. The van der Waals surface area contributed by atoms with Crippen LogP contribution < -0.4 is 0 Å². The Balaban J connectivity index is 5.56. The van der Waals surface area contributed by atoms with Crippen molar-refractivity contribution in [1.82, 2.24) is 9.80 Å². The van der Waals surface area contributed by atoms with Gasteiger partial charge in [0.1, 0.15) is 6.04 Å². The number of amides is 3. The van der Waals surface area contributed by atoms with E-state index in [1.165, 1.54) is 6.92 Å². The highest BCUT2D eigenvalue weighted by molar-refractivity contribution is 5.96. The summed E-state index contributed by atoms with van der Waals surface area (Å²) in [6, 6.07) is -1.09. The van der Waals surface area contributed by atoms with Crippen LogP contribution in [0.1, 0.15) is 48.5 Å². The average Bonchev–Trinajstić information content (AvgIpc) is 2.10. The van der Waals surface area contributed by atoms with Gasteiger partial charge in [0.05, 0.1) is 0 Å². The third-order valence-electron chi connectivity index (χ3n) is 2.76. The summed E-state index contributed by atoms with van der Waals surface area (Å²) in [6.07, 6.45) is -2.66. The normalized spacial score (nSPS) is 13.6. The van der Waals surface area contributed by atoms with Crippen LogP contribution in [0.5, 0.6) is 0 Å². The largest absolute Gasteiger partial charge is 0.465 e. The first-order valence-electron chi connectivity index (χ1n) is 6.30. The number of rotatable bonds is 2. The topological polar surface area (TPSA) is 98.2 Å². The molecule has 1 unspecified atom stereocenters. The maximum absolute atomic E-state index is 12.4. The van der Waals surface area contributed by atoms with Gasteiger partial charge in [-0.1, -0.05) is 0 Å². The summed E-state index contributed by atoms with van der Waals surface area (Å²) in [5, 5.41) is 18.4. The van der Waals surface area contributed by atoms with E-state index in [0.29, 0.717) is 4.90 Å². The Morgan fingerprint density at radius 1 is 0.850 bits per heavy atom. The molecular weight excluding hydrogens is 264 g/mol. The molecule has 3 amide bonds. The van der Waals surface area contributed by atoms with Gasteiger partial charge in [-0.25, -0.2) is 14.5 Å². The molecule has 20 heavy (non-hydrogen) atoms. The van der Waals surface area contributed by atoms with Crippen molar-refractivity contribution in [3.8, 4) is 0 Å². The molecule has 0 saturated heterocycles. The third kappa shape index (κ3) is 4.11. The van der Waals surface area contributed by atoms with Gasteiger partial charge in [0.25, 0.3) is 5.91 Å². The molecule has 0 aromatic carbocycles. The fraction of sp³-hybridized carbons (Fsp3) is 0.769. The van der Waals surface area contributed by atoms with Crippen LogP contribution in [0.25, 0.3) is 0 Å². The highest BCUT2D eigenvalue weighted by Crippen LogP contribution is 2.22. The van der Waals surface area contributed by atoms with Crippen molar-refractivity contribution in [2.45, 2.75) is 65.6 Å². The van der Waals surface area contributed by atoms with Gasteiger partial charge in [-0.05, 0) is 48.5 Å². The number of nitrogens with zero attached hydrogens (tertiary/aromatic N) is 2. The fourth-order valence-corrected chi connectivity index (χ4v) is 2.04. The molecule has 7 heteroatoms. The molecule has 1 atom stereocenters. The molecule has 0 heterocycles. The quantitative estimate of drug-likeness (QED) is 0.813. The smallest absolute Gasteiger partial charge is 0.414 e. The van der Waals surface area contributed by atoms with Crippen molar-refractivity contribution in [3.63, 3.8) is 0 Å². The Morgan fingerprint density at radius 2 is 1.25 bits per heavy atom. The lowest BCUT2D eigenvalue weighted by Crippen LogP contribution is -2.60. The Bertz CT molecular complexity index is 406. The minimum atomic E-state index is -1.39. The van der Waals surface area contributed by atoms with Gasteiger partial charge in [-0.3, -0.25) is 9.69 Å². The van der Waals surface area contributed by atoms with Crippen LogP contribution in [0.2, 0.25) is 0 Å². The zero-order valence-electron chi connectivity index (χ0n) is 13.1. The highest BCUT2D eigenvalue weighted by atomic mass is 16.4. The van der Waals surface area contributed by atoms with E-state index in [-0.39, 0.29) is 0 Å². The molecule has 0 aliphatic carbocycles. The minimum Gasteiger partial charge on any atom is -0.465 e. The molecule has 116 valence electrons. The van der Waals surface area contributed by atoms with Crippen molar-refractivity contribution in [3.05, 3.63) is 0 Å². The molecule has 0 radical (unpaired) electrons. The van der Waals surface area contributed by atoms with Crippen LogP contribution in [0.4, 0.5) is 9.59 Å². The Labute approximate surface area is 119 Å². The summed E-state index contributed by atoms with van der Waals surface area (Å²) in [6.45, 7) is 11.1. The lowest BCUT2D eigenvalue weighted by atomic mass is 10.0. The molecule has 0 aliphatic heterocycles. The summed E-state index contributed by atoms with van der Waals surface area (Å²) >= 11 is 0. The fourth-order valence-electron chi connectivity index (χ4n) is 2.04. The molecule has 0 aromatic heterocycles.